The highest BCUT2D eigenvalue weighted by molar-refractivity contribution is 7.79. The summed E-state index contributed by atoms with van der Waals surface area (Å²) in [7, 11) is -2.89. The van der Waals surface area contributed by atoms with E-state index in [2.05, 4.69) is 5.32 Å². The lowest BCUT2D eigenvalue weighted by molar-refractivity contribution is 0.138. The number of hydrogen-bond acceptors (Lipinski definition) is 6. The molecule has 0 aromatic carbocycles. The molecule has 0 fully saturated rings. The van der Waals surface area contributed by atoms with E-state index in [1.807, 2.05) is 0 Å². The summed E-state index contributed by atoms with van der Waals surface area (Å²) < 4.78 is 31.6. The highest BCUT2D eigenvalue weighted by Gasteiger charge is 2.25. The highest BCUT2D eigenvalue weighted by atomic mass is 32.3. The summed E-state index contributed by atoms with van der Waals surface area (Å²) in [5.41, 5.74) is -0.307. The third-order valence-corrected chi connectivity index (χ3v) is 2.30. The van der Waals surface area contributed by atoms with Crippen molar-refractivity contribution < 1.29 is 32.8 Å². The van der Waals surface area contributed by atoms with Crippen molar-refractivity contribution in [1.82, 2.24) is 5.32 Å². The molecule has 0 aliphatic carbocycles. The van der Waals surface area contributed by atoms with Gasteiger partial charge in [-0.05, 0) is 26.3 Å². The second-order valence-electron chi connectivity index (χ2n) is 3.40. The fraction of sp³-hybridized carbons (Fsp3) is 1.00. The first kappa shape index (κ1) is 19.1. The van der Waals surface area contributed by atoms with Crippen molar-refractivity contribution in [2.75, 3.05) is 26.9 Å². The normalized spacial score (nSPS) is 11.9. The molecule has 6 N–H and O–H groups in total. The second-order valence-corrected chi connectivity index (χ2v) is 4.29. The van der Waals surface area contributed by atoms with E-state index in [0.717, 1.165) is 0 Å². The van der Waals surface area contributed by atoms with Crippen molar-refractivity contribution in [2.45, 2.75) is 24.8 Å². The zero-order valence-corrected chi connectivity index (χ0v) is 10.5. The van der Waals surface area contributed by atoms with Crippen LogP contribution in [0.2, 0.25) is 0 Å². The largest absolute Gasteiger partial charge is 0.396 e. The van der Waals surface area contributed by atoms with Crippen LogP contribution >= 0.6 is 0 Å². The average Bonchev–Trinajstić information content (AvgIpc) is 2.16. The molecule has 0 atom stereocenters. The van der Waals surface area contributed by atoms with Gasteiger partial charge in [-0.15, -0.1) is 0 Å². The van der Waals surface area contributed by atoms with Crippen LogP contribution in [-0.2, 0) is 10.4 Å². The van der Waals surface area contributed by atoms with Crippen molar-refractivity contribution in [3.8, 4) is 0 Å². The zero-order chi connectivity index (χ0) is 13.9. The molecule has 0 aromatic heterocycles. The van der Waals surface area contributed by atoms with Gasteiger partial charge in [0.1, 0.15) is 0 Å². The van der Waals surface area contributed by atoms with E-state index in [1.165, 1.54) is 0 Å². The maximum Gasteiger partial charge on any atom is 0.394 e. The van der Waals surface area contributed by atoms with Gasteiger partial charge in [-0.1, -0.05) is 0 Å². The smallest absolute Gasteiger partial charge is 0.394 e. The molecule has 0 aromatic rings. The lowest BCUT2D eigenvalue weighted by Crippen LogP contribution is -2.45. The Labute approximate surface area is 101 Å². The zero-order valence-electron chi connectivity index (χ0n) is 9.70. The van der Waals surface area contributed by atoms with E-state index in [1.54, 1.807) is 7.05 Å². The van der Waals surface area contributed by atoms with Crippen LogP contribution in [0.1, 0.15) is 19.3 Å². The van der Waals surface area contributed by atoms with E-state index >= 15 is 0 Å². The van der Waals surface area contributed by atoms with Gasteiger partial charge in [0.05, 0.1) is 0 Å². The molecule has 106 valence electrons. The molecule has 0 saturated carbocycles. The van der Waals surface area contributed by atoms with Crippen LogP contribution in [0.4, 0.5) is 0 Å². The van der Waals surface area contributed by atoms with Crippen LogP contribution in [0.25, 0.3) is 0 Å². The maximum absolute atomic E-state index is 8.78. The molecule has 0 unspecified atom stereocenters. The summed E-state index contributed by atoms with van der Waals surface area (Å²) in [5, 5.41) is 29.4. The van der Waals surface area contributed by atoms with Crippen molar-refractivity contribution in [1.29, 1.82) is 0 Å². The lowest BCUT2D eigenvalue weighted by Gasteiger charge is -2.32. The Kier molecular flexibility index (Phi) is 10.9. The summed E-state index contributed by atoms with van der Waals surface area (Å²) in [4.78, 5) is 0. The van der Waals surface area contributed by atoms with Crippen molar-refractivity contribution in [3.05, 3.63) is 0 Å². The van der Waals surface area contributed by atoms with Crippen LogP contribution in [0, 0.1) is 0 Å². The van der Waals surface area contributed by atoms with E-state index in [9.17, 15) is 0 Å². The third kappa shape index (κ3) is 13.6. The minimum atomic E-state index is -4.67. The predicted molar refractivity (Wildman–Crippen MR) is 61.1 cm³/mol. The molecule has 0 bridgehead atoms. The van der Waals surface area contributed by atoms with Gasteiger partial charge in [0.25, 0.3) is 0 Å². The molecule has 0 saturated heterocycles. The molecule has 8 nitrogen and oxygen atoms in total. The molecule has 0 radical (unpaired) electrons. The number of aliphatic hydroxyl groups excluding tert-OH is 3. The molecular weight excluding hydrogens is 254 g/mol. The average molecular weight is 275 g/mol. The minimum Gasteiger partial charge on any atom is -0.396 e. The standard InChI is InChI=1S/C8H19NO3.H2O4S/c1-9-8(2-5-10,3-6-11)4-7-12;1-5(2,3)4/h9-12H,2-7H2,1H3;(H2,1,2,3,4). The fourth-order valence-electron chi connectivity index (χ4n) is 1.39. The number of hydrogen-bond donors (Lipinski definition) is 6. The number of nitrogens with one attached hydrogen (secondary N) is 1. The lowest BCUT2D eigenvalue weighted by atomic mass is 9.88. The summed E-state index contributed by atoms with van der Waals surface area (Å²) >= 11 is 0. The molecule has 0 aliphatic rings. The predicted octanol–water partition coefficient (Wildman–Crippen LogP) is -1.56. The SMILES string of the molecule is CNC(CCO)(CCO)CCO.O=S(=O)(O)O. The summed E-state index contributed by atoms with van der Waals surface area (Å²) in [6, 6.07) is 0. The van der Waals surface area contributed by atoms with Gasteiger partial charge in [-0.25, -0.2) is 0 Å². The van der Waals surface area contributed by atoms with Crippen molar-refractivity contribution >= 4 is 10.4 Å². The Hall–Kier alpha value is -0.290. The van der Waals surface area contributed by atoms with Crippen LogP contribution in [0.15, 0.2) is 0 Å². The Morgan fingerprint density at radius 3 is 1.29 bits per heavy atom. The van der Waals surface area contributed by atoms with Gasteiger partial charge >= 0.3 is 10.4 Å². The first-order valence-corrected chi connectivity index (χ1v) is 6.35. The van der Waals surface area contributed by atoms with E-state index in [4.69, 9.17) is 32.8 Å². The van der Waals surface area contributed by atoms with E-state index < -0.39 is 10.4 Å². The minimum absolute atomic E-state index is 0.0703. The van der Waals surface area contributed by atoms with Crippen LogP contribution in [0.5, 0.6) is 0 Å². The van der Waals surface area contributed by atoms with Gasteiger partial charge in [0.2, 0.25) is 0 Å². The quantitative estimate of drug-likeness (QED) is 0.306. The van der Waals surface area contributed by atoms with Crippen LogP contribution in [-0.4, -0.2) is 65.3 Å². The molecule has 9 heteroatoms. The highest BCUT2D eigenvalue weighted by Crippen LogP contribution is 2.18. The first-order valence-electron chi connectivity index (χ1n) is 4.96. The fourth-order valence-corrected chi connectivity index (χ4v) is 1.39. The molecule has 0 aliphatic heterocycles. The van der Waals surface area contributed by atoms with Gasteiger partial charge in [0, 0.05) is 25.4 Å². The van der Waals surface area contributed by atoms with Gasteiger partial charge in [0.15, 0.2) is 0 Å². The Morgan fingerprint density at radius 2 is 1.18 bits per heavy atom. The maximum atomic E-state index is 8.78. The molecule has 0 spiro atoms. The van der Waals surface area contributed by atoms with Gasteiger partial charge in [-0.2, -0.15) is 8.42 Å². The van der Waals surface area contributed by atoms with Gasteiger partial charge in [-0.3, -0.25) is 9.11 Å². The van der Waals surface area contributed by atoms with E-state index in [0.29, 0.717) is 19.3 Å². The number of rotatable bonds is 7. The summed E-state index contributed by atoms with van der Waals surface area (Å²) in [6.45, 7) is 0.211. The molecule has 0 rings (SSSR count). The Balaban J connectivity index is 0. The third-order valence-electron chi connectivity index (χ3n) is 2.30. The van der Waals surface area contributed by atoms with Crippen LogP contribution < -0.4 is 5.32 Å². The van der Waals surface area contributed by atoms with Crippen molar-refractivity contribution in [3.63, 3.8) is 0 Å². The molecule has 0 heterocycles. The summed E-state index contributed by atoms with van der Waals surface area (Å²) in [5.74, 6) is 0. The Morgan fingerprint density at radius 1 is 0.941 bits per heavy atom. The number of aliphatic hydroxyl groups is 3. The van der Waals surface area contributed by atoms with Gasteiger partial charge < -0.3 is 20.6 Å². The first-order chi connectivity index (χ1) is 7.74. The second kappa shape index (κ2) is 9.71. The molecule has 17 heavy (non-hydrogen) atoms. The monoisotopic (exact) mass is 275 g/mol. The van der Waals surface area contributed by atoms with Crippen LogP contribution in [0.3, 0.4) is 0 Å². The molecular formula is C8H21NO7S. The van der Waals surface area contributed by atoms with E-state index in [-0.39, 0.29) is 25.4 Å². The molecule has 0 amide bonds. The summed E-state index contributed by atoms with van der Waals surface area (Å²) in [6.07, 6.45) is 1.68. The topological polar surface area (TPSA) is 147 Å². The Bertz CT molecular complexity index is 242. The van der Waals surface area contributed by atoms with Crippen molar-refractivity contribution in [2.24, 2.45) is 0 Å².